The summed E-state index contributed by atoms with van der Waals surface area (Å²) in [6.07, 6.45) is -2.01. The van der Waals surface area contributed by atoms with E-state index in [9.17, 15) is 30.6 Å². The van der Waals surface area contributed by atoms with Gasteiger partial charge >= 0.3 is 0 Å². The monoisotopic (exact) mass is 462 g/mol. The van der Waals surface area contributed by atoms with Crippen LogP contribution >= 0.6 is 0 Å². The van der Waals surface area contributed by atoms with Gasteiger partial charge in [-0.1, -0.05) is 30.7 Å². The minimum atomic E-state index is -1.48. The Bertz CT molecular complexity index is 823. The van der Waals surface area contributed by atoms with Crippen molar-refractivity contribution in [2.45, 2.75) is 75.3 Å². The van der Waals surface area contributed by atoms with E-state index in [-0.39, 0.29) is 11.9 Å². The van der Waals surface area contributed by atoms with Crippen LogP contribution in [-0.2, 0) is 17.6 Å². The van der Waals surface area contributed by atoms with E-state index < -0.39 is 37.3 Å². The first-order valence-electron chi connectivity index (χ1n) is 11.4. The smallest absolute Gasteiger partial charge is 0.229 e. The van der Waals surface area contributed by atoms with Gasteiger partial charge in [0.1, 0.15) is 35.9 Å². The molecule has 0 aliphatic carbocycles. The molecule has 6 atom stereocenters. The molecule has 0 spiro atoms. The Morgan fingerprint density at radius 1 is 0.788 bits per heavy atom. The fourth-order valence-corrected chi connectivity index (χ4v) is 3.88. The number of aromatic hydroxyl groups is 1. The number of benzene rings is 2. The molecule has 0 amide bonds. The van der Waals surface area contributed by atoms with E-state index in [0.29, 0.717) is 12.2 Å². The molecular formula is C25H34O8. The molecule has 1 fully saturated rings. The number of aliphatic hydroxyl groups excluding tert-OH is 5. The van der Waals surface area contributed by atoms with Crippen LogP contribution in [0.25, 0.3) is 0 Å². The Morgan fingerprint density at radius 2 is 1.42 bits per heavy atom. The van der Waals surface area contributed by atoms with Crippen molar-refractivity contribution in [1.29, 1.82) is 0 Å². The van der Waals surface area contributed by atoms with Crippen molar-refractivity contribution in [3.05, 3.63) is 59.7 Å². The third-order valence-electron chi connectivity index (χ3n) is 5.98. The summed E-state index contributed by atoms with van der Waals surface area (Å²) in [5, 5.41) is 58.5. The Kier molecular flexibility index (Phi) is 9.49. The predicted molar refractivity (Wildman–Crippen MR) is 121 cm³/mol. The van der Waals surface area contributed by atoms with Crippen molar-refractivity contribution in [3.63, 3.8) is 0 Å². The zero-order chi connectivity index (χ0) is 23.8. The second kappa shape index (κ2) is 12.3. The van der Waals surface area contributed by atoms with E-state index >= 15 is 0 Å². The van der Waals surface area contributed by atoms with E-state index in [1.165, 1.54) is 0 Å². The topological polar surface area (TPSA) is 140 Å². The highest BCUT2D eigenvalue weighted by atomic mass is 16.7. The van der Waals surface area contributed by atoms with Gasteiger partial charge in [-0.2, -0.15) is 0 Å². The number of hydrogen-bond acceptors (Lipinski definition) is 8. The number of phenolic OH excluding ortho intramolecular Hbond substituents is 1. The number of rotatable bonds is 11. The lowest BCUT2D eigenvalue weighted by Gasteiger charge is -2.39. The molecule has 1 saturated heterocycles. The van der Waals surface area contributed by atoms with Crippen LogP contribution in [0.2, 0.25) is 0 Å². The van der Waals surface area contributed by atoms with Gasteiger partial charge in [0.15, 0.2) is 0 Å². The van der Waals surface area contributed by atoms with E-state index in [4.69, 9.17) is 9.47 Å². The van der Waals surface area contributed by atoms with Gasteiger partial charge in [0, 0.05) is 0 Å². The Balaban J connectivity index is 1.37. The first-order valence-corrected chi connectivity index (χ1v) is 11.4. The summed E-state index contributed by atoms with van der Waals surface area (Å²) >= 11 is 0. The van der Waals surface area contributed by atoms with Crippen molar-refractivity contribution < 1.29 is 40.1 Å². The van der Waals surface area contributed by atoms with Gasteiger partial charge < -0.3 is 40.1 Å². The molecular weight excluding hydrogens is 428 g/mol. The molecule has 2 aromatic rings. The molecule has 1 aliphatic heterocycles. The zero-order valence-corrected chi connectivity index (χ0v) is 18.5. The summed E-state index contributed by atoms with van der Waals surface area (Å²) in [7, 11) is 0. The van der Waals surface area contributed by atoms with Crippen LogP contribution in [0.15, 0.2) is 48.5 Å². The maximum absolute atomic E-state index is 10.2. The molecule has 6 unspecified atom stereocenters. The predicted octanol–water partition coefficient (Wildman–Crippen LogP) is 1.28. The van der Waals surface area contributed by atoms with E-state index in [1.807, 2.05) is 24.3 Å². The average molecular weight is 463 g/mol. The molecule has 1 heterocycles. The number of unbranched alkanes of at least 4 members (excludes halogenated alkanes) is 1. The van der Waals surface area contributed by atoms with Crippen LogP contribution in [0.5, 0.6) is 11.5 Å². The van der Waals surface area contributed by atoms with Crippen molar-refractivity contribution in [2.24, 2.45) is 0 Å². The fourth-order valence-electron chi connectivity index (χ4n) is 3.88. The minimum absolute atomic E-state index is 0.243. The van der Waals surface area contributed by atoms with E-state index in [0.717, 1.165) is 43.2 Å². The summed E-state index contributed by atoms with van der Waals surface area (Å²) in [5.74, 6) is 0.681. The summed E-state index contributed by atoms with van der Waals surface area (Å²) in [5.41, 5.74) is 2.20. The molecule has 182 valence electrons. The molecule has 0 saturated carbocycles. The molecule has 8 nitrogen and oxygen atoms in total. The van der Waals surface area contributed by atoms with Crippen LogP contribution in [0, 0.1) is 0 Å². The molecule has 0 radical (unpaired) electrons. The Hall–Kier alpha value is -2.20. The Labute approximate surface area is 193 Å². The van der Waals surface area contributed by atoms with Crippen LogP contribution < -0.4 is 4.74 Å². The van der Waals surface area contributed by atoms with Crippen molar-refractivity contribution in [2.75, 3.05) is 6.61 Å². The SMILES string of the molecule is OCC1OC(Oc2ccc(CCCCC(O)CCc3ccc(O)cc3)cc2)C(O)C(O)C1O. The first kappa shape index (κ1) is 25.4. The van der Waals surface area contributed by atoms with Crippen molar-refractivity contribution in [3.8, 4) is 11.5 Å². The first-order chi connectivity index (χ1) is 15.9. The standard InChI is InChI=1S/C25H34O8/c26-15-21-22(29)23(30)24(31)25(33-21)32-20-13-8-16(9-14-20)3-1-2-4-18(27)10-5-17-6-11-19(28)12-7-17/h6-9,11-14,18,21-31H,1-5,10,15H2. The second-order valence-corrected chi connectivity index (χ2v) is 8.56. The molecule has 0 bridgehead atoms. The van der Waals surface area contributed by atoms with Crippen molar-refractivity contribution in [1.82, 2.24) is 0 Å². The third-order valence-corrected chi connectivity index (χ3v) is 5.98. The summed E-state index contributed by atoms with van der Waals surface area (Å²) < 4.78 is 11.0. The highest BCUT2D eigenvalue weighted by Crippen LogP contribution is 2.25. The number of phenols is 1. The summed E-state index contributed by atoms with van der Waals surface area (Å²) in [6, 6.07) is 14.3. The van der Waals surface area contributed by atoms with E-state index in [2.05, 4.69) is 0 Å². The van der Waals surface area contributed by atoms with Gasteiger partial charge in [-0.3, -0.25) is 0 Å². The Morgan fingerprint density at radius 3 is 2.09 bits per heavy atom. The van der Waals surface area contributed by atoms with Crippen molar-refractivity contribution >= 4 is 0 Å². The maximum atomic E-state index is 10.2. The van der Waals surface area contributed by atoms with Gasteiger partial charge in [-0.25, -0.2) is 0 Å². The van der Waals surface area contributed by atoms with Gasteiger partial charge in [-0.15, -0.1) is 0 Å². The average Bonchev–Trinajstić information content (AvgIpc) is 2.82. The summed E-state index contributed by atoms with van der Waals surface area (Å²) in [4.78, 5) is 0. The molecule has 2 aromatic carbocycles. The number of hydrogen-bond donors (Lipinski definition) is 6. The highest BCUT2D eigenvalue weighted by molar-refractivity contribution is 5.28. The fraction of sp³-hybridized carbons (Fsp3) is 0.520. The number of aryl methyl sites for hydroxylation is 2. The quantitative estimate of drug-likeness (QED) is 0.275. The molecule has 33 heavy (non-hydrogen) atoms. The highest BCUT2D eigenvalue weighted by Gasteiger charge is 2.44. The molecule has 1 aliphatic rings. The lowest BCUT2D eigenvalue weighted by molar-refractivity contribution is -0.277. The molecule has 8 heteroatoms. The largest absolute Gasteiger partial charge is 0.508 e. The lowest BCUT2D eigenvalue weighted by Crippen LogP contribution is -2.60. The molecule has 6 N–H and O–H groups in total. The molecule has 3 rings (SSSR count). The second-order valence-electron chi connectivity index (χ2n) is 8.56. The van der Waals surface area contributed by atoms with Crippen LogP contribution in [0.1, 0.15) is 36.8 Å². The van der Waals surface area contributed by atoms with Crippen LogP contribution in [0.3, 0.4) is 0 Å². The third kappa shape index (κ3) is 7.40. The lowest BCUT2D eigenvalue weighted by atomic mass is 9.99. The van der Waals surface area contributed by atoms with Crippen LogP contribution in [-0.4, -0.2) is 74.1 Å². The van der Waals surface area contributed by atoms with Crippen LogP contribution in [0.4, 0.5) is 0 Å². The number of aliphatic hydroxyl groups is 5. The summed E-state index contributed by atoms with van der Waals surface area (Å²) in [6.45, 7) is -0.505. The molecule has 0 aromatic heterocycles. The van der Waals surface area contributed by atoms with E-state index in [1.54, 1.807) is 24.3 Å². The zero-order valence-electron chi connectivity index (χ0n) is 18.5. The minimum Gasteiger partial charge on any atom is -0.508 e. The van der Waals surface area contributed by atoms with Gasteiger partial charge in [0.05, 0.1) is 12.7 Å². The van der Waals surface area contributed by atoms with Gasteiger partial charge in [-0.05, 0) is 67.5 Å². The normalized spacial score (nSPS) is 26.2. The van der Waals surface area contributed by atoms with Gasteiger partial charge in [0.25, 0.3) is 0 Å². The van der Waals surface area contributed by atoms with Gasteiger partial charge in [0.2, 0.25) is 6.29 Å². The number of ether oxygens (including phenoxy) is 2. The maximum Gasteiger partial charge on any atom is 0.229 e.